The Morgan fingerprint density at radius 1 is 1.00 bits per heavy atom. The van der Waals surface area contributed by atoms with E-state index in [1.807, 2.05) is 41.3 Å². The van der Waals surface area contributed by atoms with Gasteiger partial charge in [-0.15, -0.1) is 11.3 Å². The van der Waals surface area contributed by atoms with Crippen LogP contribution in [0.1, 0.15) is 0 Å². The van der Waals surface area contributed by atoms with Crippen molar-refractivity contribution in [3.63, 3.8) is 0 Å². The molecule has 0 saturated carbocycles. The zero-order chi connectivity index (χ0) is 20.7. The lowest BCUT2D eigenvalue weighted by atomic mass is 10.2. The van der Waals surface area contributed by atoms with E-state index in [9.17, 15) is 9.18 Å². The van der Waals surface area contributed by atoms with Crippen LogP contribution in [0.5, 0.6) is 0 Å². The summed E-state index contributed by atoms with van der Waals surface area (Å²) in [6.07, 6.45) is 1.71. The van der Waals surface area contributed by atoms with Crippen LogP contribution >= 0.6 is 22.9 Å². The molecule has 2 aromatic carbocycles. The van der Waals surface area contributed by atoms with Crippen LogP contribution in [0.25, 0.3) is 26.2 Å². The highest BCUT2D eigenvalue weighted by atomic mass is 35.5. The fourth-order valence-corrected chi connectivity index (χ4v) is 5.01. The maximum atomic E-state index is 14.8. The van der Waals surface area contributed by atoms with E-state index in [1.165, 1.54) is 22.0 Å². The van der Waals surface area contributed by atoms with E-state index in [0.29, 0.717) is 21.1 Å². The van der Waals surface area contributed by atoms with Crippen LogP contribution in [-0.2, 0) is 0 Å². The summed E-state index contributed by atoms with van der Waals surface area (Å²) in [6.45, 7) is 3.22. The minimum atomic E-state index is -0.311. The predicted molar refractivity (Wildman–Crippen MR) is 123 cm³/mol. The molecule has 3 heterocycles. The van der Waals surface area contributed by atoms with Crippen molar-refractivity contribution in [3.8, 4) is 16.1 Å². The molecule has 4 aromatic rings. The van der Waals surface area contributed by atoms with Gasteiger partial charge in [-0.2, -0.15) is 0 Å². The van der Waals surface area contributed by atoms with Gasteiger partial charge in [-0.3, -0.25) is 9.36 Å². The average molecular weight is 440 g/mol. The van der Waals surface area contributed by atoms with Gasteiger partial charge in [0, 0.05) is 53.7 Å². The maximum Gasteiger partial charge on any atom is 0.273 e. The van der Waals surface area contributed by atoms with E-state index in [4.69, 9.17) is 11.6 Å². The zero-order valence-corrected chi connectivity index (χ0v) is 17.6. The highest BCUT2D eigenvalue weighted by Crippen LogP contribution is 2.32. The number of piperazine rings is 1. The van der Waals surface area contributed by atoms with Crippen molar-refractivity contribution in [2.75, 3.05) is 31.1 Å². The molecule has 0 bridgehead atoms. The smallest absolute Gasteiger partial charge is 0.273 e. The van der Waals surface area contributed by atoms with Crippen molar-refractivity contribution in [3.05, 3.63) is 82.0 Å². The highest BCUT2D eigenvalue weighted by Gasteiger charge is 2.16. The Labute approximate surface area is 182 Å². The van der Waals surface area contributed by atoms with Crippen LogP contribution in [0.15, 0.2) is 65.6 Å². The van der Waals surface area contributed by atoms with E-state index >= 15 is 0 Å². The molecular weight excluding hydrogens is 421 g/mol. The molecule has 0 atom stereocenters. The fourth-order valence-electron chi connectivity index (χ4n) is 3.80. The molecule has 1 aliphatic heterocycles. The van der Waals surface area contributed by atoms with E-state index in [-0.39, 0.29) is 11.4 Å². The lowest BCUT2D eigenvalue weighted by Crippen LogP contribution is -2.43. The summed E-state index contributed by atoms with van der Waals surface area (Å²) in [7, 11) is 0. The Balaban J connectivity index is 1.53. The lowest BCUT2D eigenvalue weighted by Gasteiger charge is -2.29. The molecule has 5 rings (SSSR count). The number of halogens is 2. The molecular formula is C23H19ClFN3OS. The Morgan fingerprint density at radius 3 is 2.50 bits per heavy atom. The van der Waals surface area contributed by atoms with Crippen LogP contribution in [0.2, 0.25) is 5.02 Å². The SMILES string of the molecule is O=c1c2sc(-c3ccc(Cl)cc3)cc2ccn1-c1ccc(N2CCNCC2)c(F)c1. The summed E-state index contributed by atoms with van der Waals surface area (Å²) in [5.41, 5.74) is 1.97. The van der Waals surface area contributed by atoms with Gasteiger partial charge in [-0.1, -0.05) is 23.7 Å². The first-order valence-corrected chi connectivity index (χ1v) is 11.0. The van der Waals surface area contributed by atoms with Crippen LogP contribution in [0, 0.1) is 5.82 Å². The third-order valence-electron chi connectivity index (χ3n) is 5.37. The van der Waals surface area contributed by atoms with Gasteiger partial charge in [-0.25, -0.2) is 4.39 Å². The number of rotatable bonds is 3. The minimum Gasteiger partial charge on any atom is -0.367 e. The summed E-state index contributed by atoms with van der Waals surface area (Å²) >= 11 is 7.41. The van der Waals surface area contributed by atoms with E-state index < -0.39 is 0 Å². The van der Waals surface area contributed by atoms with Gasteiger partial charge in [0.15, 0.2) is 0 Å². The first kappa shape index (κ1) is 19.3. The van der Waals surface area contributed by atoms with Gasteiger partial charge in [0.2, 0.25) is 0 Å². The van der Waals surface area contributed by atoms with Crippen molar-refractivity contribution in [2.24, 2.45) is 0 Å². The monoisotopic (exact) mass is 439 g/mol. The number of anilines is 1. The third kappa shape index (κ3) is 3.51. The molecule has 1 fully saturated rings. The fraction of sp³-hybridized carbons (Fsp3) is 0.174. The van der Waals surface area contributed by atoms with Crippen LogP contribution < -0.4 is 15.8 Å². The van der Waals surface area contributed by atoms with Crippen molar-refractivity contribution < 1.29 is 4.39 Å². The number of benzene rings is 2. The lowest BCUT2D eigenvalue weighted by molar-refractivity contribution is 0.566. The molecule has 1 saturated heterocycles. The van der Waals surface area contributed by atoms with Crippen LogP contribution in [0.3, 0.4) is 0 Å². The molecule has 0 unspecified atom stereocenters. The average Bonchev–Trinajstić information content (AvgIpc) is 3.20. The Morgan fingerprint density at radius 2 is 1.77 bits per heavy atom. The molecule has 30 heavy (non-hydrogen) atoms. The second kappa shape index (κ2) is 7.87. The zero-order valence-electron chi connectivity index (χ0n) is 16.1. The van der Waals surface area contributed by atoms with Gasteiger partial charge in [-0.05, 0) is 42.0 Å². The van der Waals surface area contributed by atoms with Crippen molar-refractivity contribution in [2.45, 2.75) is 0 Å². The topological polar surface area (TPSA) is 37.3 Å². The number of nitrogens with zero attached hydrogens (tertiary/aromatic N) is 2. The number of hydrogen-bond donors (Lipinski definition) is 1. The predicted octanol–water partition coefficient (Wildman–Crippen LogP) is 4.92. The van der Waals surface area contributed by atoms with Crippen molar-refractivity contribution >= 4 is 38.7 Å². The molecule has 7 heteroatoms. The van der Waals surface area contributed by atoms with Gasteiger partial charge < -0.3 is 10.2 Å². The van der Waals surface area contributed by atoms with Gasteiger partial charge in [0.25, 0.3) is 5.56 Å². The summed E-state index contributed by atoms with van der Waals surface area (Å²) in [6, 6.07) is 16.5. The normalized spacial score (nSPS) is 14.4. The molecule has 0 aliphatic carbocycles. The molecule has 152 valence electrons. The summed E-state index contributed by atoms with van der Waals surface area (Å²) in [5, 5.41) is 4.82. The molecule has 0 radical (unpaired) electrons. The molecule has 0 spiro atoms. The van der Waals surface area contributed by atoms with Gasteiger partial charge >= 0.3 is 0 Å². The number of fused-ring (bicyclic) bond motifs is 1. The number of hydrogen-bond acceptors (Lipinski definition) is 4. The third-order valence-corrected chi connectivity index (χ3v) is 6.81. The van der Waals surface area contributed by atoms with Gasteiger partial charge in [0.1, 0.15) is 10.5 Å². The first-order valence-electron chi connectivity index (χ1n) is 9.77. The first-order chi connectivity index (χ1) is 14.6. The molecule has 2 aromatic heterocycles. The molecule has 0 amide bonds. The van der Waals surface area contributed by atoms with Crippen LogP contribution in [0.4, 0.5) is 10.1 Å². The number of thiophene rings is 1. The molecule has 1 N–H and O–H groups in total. The quantitative estimate of drug-likeness (QED) is 0.492. The van der Waals surface area contributed by atoms with E-state index in [0.717, 1.165) is 42.0 Å². The summed E-state index contributed by atoms with van der Waals surface area (Å²) in [4.78, 5) is 16.2. The standard InChI is InChI=1S/C23H19ClFN3OS/c24-17-3-1-15(2-4-17)21-13-16-7-10-28(23(29)22(16)30-21)18-5-6-20(19(25)14-18)27-11-8-26-9-12-27/h1-7,10,13-14,26H,8-9,11-12H2. The van der Waals surface area contributed by atoms with E-state index in [2.05, 4.69) is 5.32 Å². The number of aromatic nitrogens is 1. The second-order valence-electron chi connectivity index (χ2n) is 7.27. The Hall–Kier alpha value is -2.67. The largest absolute Gasteiger partial charge is 0.367 e. The van der Waals surface area contributed by atoms with E-state index in [1.54, 1.807) is 18.3 Å². The second-order valence-corrected chi connectivity index (χ2v) is 8.75. The van der Waals surface area contributed by atoms with Crippen LogP contribution in [-0.4, -0.2) is 30.7 Å². The Bertz CT molecular complexity index is 1280. The van der Waals surface area contributed by atoms with Crippen molar-refractivity contribution in [1.29, 1.82) is 0 Å². The Kier molecular flexibility index (Phi) is 5.06. The molecule has 1 aliphatic rings. The van der Waals surface area contributed by atoms with Crippen molar-refractivity contribution in [1.82, 2.24) is 9.88 Å². The van der Waals surface area contributed by atoms with Gasteiger partial charge in [0.05, 0.1) is 11.4 Å². The summed E-state index contributed by atoms with van der Waals surface area (Å²) in [5.74, 6) is -0.311. The summed E-state index contributed by atoms with van der Waals surface area (Å²) < 4.78 is 17.0. The number of pyridine rings is 1. The molecule has 4 nitrogen and oxygen atoms in total. The highest BCUT2D eigenvalue weighted by molar-refractivity contribution is 7.22. The maximum absolute atomic E-state index is 14.8. The minimum absolute atomic E-state index is 0.146. The number of nitrogens with one attached hydrogen (secondary N) is 1.